The van der Waals surface area contributed by atoms with Gasteiger partial charge in [0.2, 0.25) is 0 Å². The number of hydrogen-bond acceptors (Lipinski definition) is 4. The van der Waals surface area contributed by atoms with Gasteiger partial charge in [0.15, 0.2) is 0 Å². The Morgan fingerprint density at radius 2 is 2.43 bits per heavy atom. The minimum absolute atomic E-state index is 0.103. The molecule has 0 saturated heterocycles. The topological polar surface area (TPSA) is 59.7 Å². The van der Waals surface area contributed by atoms with E-state index < -0.39 is 11.6 Å². The molecule has 4 nitrogen and oxygen atoms in total. The van der Waals surface area contributed by atoms with Crippen LogP contribution in [0, 0.1) is 0 Å². The maximum absolute atomic E-state index is 11.1. The minimum atomic E-state index is -1.30. The normalized spacial score (nSPS) is 14.8. The number of carbonyl (C=O) groups excluding carboxylic acids is 1. The standard InChI is InChI=1S/C10H14O4/c1-3-13-9(11)7-10(2,12)8-5-4-6-14-8/h4-6,12H,3,7H2,1-2H3. The summed E-state index contributed by atoms with van der Waals surface area (Å²) in [4.78, 5) is 11.1. The zero-order valence-electron chi connectivity index (χ0n) is 8.32. The predicted octanol–water partition coefficient (Wildman–Crippen LogP) is 1.44. The van der Waals surface area contributed by atoms with Gasteiger partial charge in [0, 0.05) is 0 Å². The molecule has 0 aromatic carbocycles. The molecule has 1 aromatic heterocycles. The van der Waals surface area contributed by atoms with Crippen molar-refractivity contribution in [2.75, 3.05) is 6.61 Å². The van der Waals surface area contributed by atoms with Gasteiger partial charge in [-0.05, 0) is 26.0 Å². The van der Waals surface area contributed by atoms with Crippen LogP contribution in [-0.4, -0.2) is 17.7 Å². The van der Waals surface area contributed by atoms with E-state index in [0.717, 1.165) is 0 Å². The molecule has 0 saturated carbocycles. The van der Waals surface area contributed by atoms with Crippen molar-refractivity contribution in [1.29, 1.82) is 0 Å². The van der Waals surface area contributed by atoms with Gasteiger partial charge in [0.1, 0.15) is 11.4 Å². The van der Waals surface area contributed by atoms with Crippen LogP contribution in [0.25, 0.3) is 0 Å². The first kappa shape index (κ1) is 10.8. The minimum Gasteiger partial charge on any atom is -0.466 e. The molecule has 0 bridgehead atoms. The number of furan rings is 1. The molecular weight excluding hydrogens is 184 g/mol. The zero-order chi connectivity index (χ0) is 10.6. The monoisotopic (exact) mass is 198 g/mol. The summed E-state index contributed by atoms with van der Waals surface area (Å²) in [6.07, 6.45) is 1.35. The second-order valence-electron chi connectivity index (χ2n) is 3.23. The van der Waals surface area contributed by atoms with Gasteiger partial charge in [0.25, 0.3) is 0 Å². The maximum Gasteiger partial charge on any atom is 0.309 e. The Morgan fingerprint density at radius 3 is 2.93 bits per heavy atom. The first-order chi connectivity index (χ1) is 6.56. The molecule has 0 aliphatic rings. The molecule has 1 atom stereocenters. The van der Waals surface area contributed by atoms with Crippen molar-refractivity contribution in [3.05, 3.63) is 24.2 Å². The highest BCUT2D eigenvalue weighted by Crippen LogP contribution is 2.24. The third kappa shape index (κ3) is 2.60. The van der Waals surface area contributed by atoms with Gasteiger partial charge in [-0.15, -0.1) is 0 Å². The number of esters is 1. The highest BCUT2D eigenvalue weighted by atomic mass is 16.5. The molecule has 1 rings (SSSR count). The molecule has 0 amide bonds. The fourth-order valence-corrected chi connectivity index (χ4v) is 1.17. The highest BCUT2D eigenvalue weighted by molar-refractivity contribution is 5.70. The fraction of sp³-hybridized carbons (Fsp3) is 0.500. The molecule has 1 unspecified atom stereocenters. The third-order valence-corrected chi connectivity index (χ3v) is 1.85. The molecule has 78 valence electrons. The Hall–Kier alpha value is -1.29. The number of carbonyl (C=O) groups is 1. The quantitative estimate of drug-likeness (QED) is 0.744. The van der Waals surface area contributed by atoms with Crippen LogP contribution in [0.5, 0.6) is 0 Å². The molecule has 0 aliphatic carbocycles. The van der Waals surface area contributed by atoms with Crippen molar-refractivity contribution in [2.24, 2.45) is 0 Å². The molecule has 1 aromatic rings. The van der Waals surface area contributed by atoms with E-state index in [4.69, 9.17) is 9.15 Å². The lowest BCUT2D eigenvalue weighted by Crippen LogP contribution is -2.25. The van der Waals surface area contributed by atoms with Gasteiger partial charge in [-0.2, -0.15) is 0 Å². The van der Waals surface area contributed by atoms with Crippen molar-refractivity contribution >= 4 is 5.97 Å². The molecule has 1 N–H and O–H groups in total. The second-order valence-corrected chi connectivity index (χ2v) is 3.23. The summed E-state index contributed by atoms with van der Waals surface area (Å²) in [6.45, 7) is 3.55. The van der Waals surface area contributed by atoms with Crippen LogP contribution >= 0.6 is 0 Å². The highest BCUT2D eigenvalue weighted by Gasteiger charge is 2.29. The smallest absolute Gasteiger partial charge is 0.309 e. The third-order valence-electron chi connectivity index (χ3n) is 1.85. The Labute approximate surface area is 82.5 Å². The first-order valence-electron chi connectivity index (χ1n) is 4.48. The van der Waals surface area contributed by atoms with Crippen LogP contribution in [0.1, 0.15) is 26.0 Å². The number of aliphatic hydroxyl groups is 1. The lowest BCUT2D eigenvalue weighted by Gasteiger charge is -2.19. The Kier molecular flexibility index (Phi) is 3.30. The van der Waals surface area contributed by atoms with Crippen molar-refractivity contribution in [3.63, 3.8) is 0 Å². The van der Waals surface area contributed by atoms with Gasteiger partial charge < -0.3 is 14.3 Å². The Bertz CT molecular complexity index is 287. The van der Waals surface area contributed by atoms with Crippen molar-refractivity contribution in [1.82, 2.24) is 0 Å². The predicted molar refractivity (Wildman–Crippen MR) is 49.5 cm³/mol. The van der Waals surface area contributed by atoms with Crippen molar-refractivity contribution < 1.29 is 19.1 Å². The lowest BCUT2D eigenvalue weighted by molar-refractivity contribution is -0.149. The van der Waals surface area contributed by atoms with Crippen LogP contribution in [0.2, 0.25) is 0 Å². The van der Waals surface area contributed by atoms with E-state index in [2.05, 4.69) is 0 Å². The van der Waals surface area contributed by atoms with E-state index in [-0.39, 0.29) is 6.42 Å². The first-order valence-corrected chi connectivity index (χ1v) is 4.48. The van der Waals surface area contributed by atoms with Gasteiger partial charge in [-0.1, -0.05) is 0 Å². The Morgan fingerprint density at radius 1 is 1.71 bits per heavy atom. The van der Waals surface area contributed by atoms with E-state index in [9.17, 15) is 9.90 Å². The van der Waals surface area contributed by atoms with Crippen LogP contribution in [0.15, 0.2) is 22.8 Å². The number of ether oxygens (including phenoxy) is 1. The van der Waals surface area contributed by atoms with Crippen LogP contribution in [0.3, 0.4) is 0 Å². The van der Waals surface area contributed by atoms with Crippen LogP contribution in [0.4, 0.5) is 0 Å². The zero-order valence-corrected chi connectivity index (χ0v) is 8.32. The summed E-state index contributed by atoms with van der Waals surface area (Å²) in [6, 6.07) is 3.29. The average Bonchev–Trinajstić information content (AvgIpc) is 2.54. The Balaban J connectivity index is 2.63. The molecular formula is C10H14O4. The van der Waals surface area contributed by atoms with Crippen molar-refractivity contribution in [3.8, 4) is 0 Å². The van der Waals surface area contributed by atoms with Gasteiger partial charge in [-0.3, -0.25) is 4.79 Å². The summed E-state index contributed by atoms with van der Waals surface area (Å²) < 4.78 is 9.75. The summed E-state index contributed by atoms with van der Waals surface area (Å²) in [7, 11) is 0. The molecule has 0 radical (unpaired) electrons. The summed E-state index contributed by atoms with van der Waals surface area (Å²) >= 11 is 0. The summed E-state index contributed by atoms with van der Waals surface area (Å²) in [5.74, 6) is -0.0700. The van der Waals surface area contributed by atoms with E-state index >= 15 is 0 Å². The van der Waals surface area contributed by atoms with Gasteiger partial charge >= 0.3 is 5.97 Å². The molecule has 0 aliphatic heterocycles. The van der Waals surface area contributed by atoms with E-state index in [1.165, 1.54) is 13.2 Å². The van der Waals surface area contributed by atoms with Crippen LogP contribution in [-0.2, 0) is 15.1 Å². The average molecular weight is 198 g/mol. The van der Waals surface area contributed by atoms with Crippen molar-refractivity contribution in [2.45, 2.75) is 25.9 Å². The molecule has 1 heterocycles. The van der Waals surface area contributed by atoms with Crippen LogP contribution < -0.4 is 0 Å². The lowest BCUT2D eigenvalue weighted by atomic mass is 10.00. The molecule has 0 spiro atoms. The van der Waals surface area contributed by atoms with Gasteiger partial charge in [-0.25, -0.2) is 0 Å². The van der Waals surface area contributed by atoms with E-state index in [0.29, 0.717) is 12.4 Å². The van der Waals surface area contributed by atoms with Gasteiger partial charge in [0.05, 0.1) is 19.3 Å². The molecule has 4 heteroatoms. The fourth-order valence-electron chi connectivity index (χ4n) is 1.17. The largest absolute Gasteiger partial charge is 0.466 e. The second kappa shape index (κ2) is 4.28. The van der Waals surface area contributed by atoms with E-state index in [1.54, 1.807) is 19.1 Å². The summed E-state index contributed by atoms with van der Waals surface area (Å²) in [5, 5.41) is 9.88. The number of hydrogen-bond donors (Lipinski definition) is 1. The van der Waals surface area contributed by atoms with E-state index in [1.807, 2.05) is 0 Å². The SMILES string of the molecule is CCOC(=O)CC(C)(O)c1ccco1. The maximum atomic E-state index is 11.1. The number of rotatable bonds is 4. The summed E-state index contributed by atoms with van der Waals surface area (Å²) in [5.41, 5.74) is -1.30. The molecule has 14 heavy (non-hydrogen) atoms. The molecule has 0 fully saturated rings.